The maximum absolute atomic E-state index is 12.5. The van der Waals surface area contributed by atoms with Crippen LogP contribution in [0.15, 0.2) is 60.7 Å². The van der Waals surface area contributed by atoms with Gasteiger partial charge < -0.3 is 20.1 Å². The molecule has 7 nitrogen and oxygen atoms in total. The molecule has 0 aromatic heterocycles. The normalized spacial score (nSPS) is 12.8. The lowest BCUT2D eigenvalue weighted by molar-refractivity contribution is -0.157. The van der Waals surface area contributed by atoms with Crippen molar-refractivity contribution in [3.05, 3.63) is 71.8 Å². The molecule has 2 amide bonds. The van der Waals surface area contributed by atoms with Gasteiger partial charge in [0, 0.05) is 12.5 Å². The summed E-state index contributed by atoms with van der Waals surface area (Å²) in [5.74, 6) is -1.26. The Morgan fingerprint density at radius 2 is 1.48 bits per heavy atom. The van der Waals surface area contributed by atoms with Gasteiger partial charge in [-0.05, 0) is 38.3 Å². The first-order valence-electron chi connectivity index (χ1n) is 11.1. The number of ether oxygens (including phenoxy) is 2. The van der Waals surface area contributed by atoms with E-state index in [0.29, 0.717) is 6.42 Å². The minimum Gasteiger partial charge on any atom is -0.460 e. The van der Waals surface area contributed by atoms with Crippen molar-refractivity contribution in [1.29, 1.82) is 0 Å². The van der Waals surface area contributed by atoms with E-state index in [-0.39, 0.29) is 31.5 Å². The lowest BCUT2D eigenvalue weighted by Gasteiger charge is -2.22. The Balaban J connectivity index is 1.90. The number of benzene rings is 2. The highest BCUT2D eigenvalue weighted by molar-refractivity contribution is 5.83. The Morgan fingerprint density at radius 1 is 0.909 bits per heavy atom. The number of esters is 1. The van der Waals surface area contributed by atoms with Crippen LogP contribution in [0.4, 0.5) is 4.79 Å². The Labute approximate surface area is 195 Å². The summed E-state index contributed by atoms with van der Waals surface area (Å²) in [5.41, 5.74) is 1.30. The van der Waals surface area contributed by atoms with Crippen molar-refractivity contribution in [2.75, 3.05) is 6.54 Å². The lowest BCUT2D eigenvalue weighted by atomic mass is 10.0. The van der Waals surface area contributed by atoms with E-state index in [4.69, 9.17) is 9.47 Å². The molecule has 0 bridgehead atoms. The first-order valence-corrected chi connectivity index (χ1v) is 11.1. The molecule has 178 valence electrons. The Morgan fingerprint density at radius 3 is 2.06 bits per heavy atom. The van der Waals surface area contributed by atoms with E-state index in [2.05, 4.69) is 10.6 Å². The van der Waals surface area contributed by atoms with Crippen molar-refractivity contribution in [1.82, 2.24) is 10.6 Å². The zero-order valence-corrected chi connectivity index (χ0v) is 19.8. The van der Waals surface area contributed by atoms with E-state index in [9.17, 15) is 14.4 Å². The molecule has 0 spiro atoms. The molecule has 33 heavy (non-hydrogen) atoms. The second-order valence-electron chi connectivity index (χ2n) is 9.03. The third-order valence-electron chi connectivity index (χ3n) is 4.72. The van der Waals surface area contributed by atoms with Crippen LogP contribution in [0.3, 0.4) is 0 Å². The van der Waals surface area contributed by atoms with E-state index >= 15 is 0 Å². The van der Waals surface area contributed by atoms with Gasteiger partial charge in [0.05, 0.1) is 12.5 Å². The van der Waals surface area contributed by atoms with Gasteiger partial charge in [-0.3, -0.25) is 9.59 Å². The van der Waals surface area contributed by atoms with Gasteiger partial charge in [0.25, 0.3) is 0 Å². The topological polar surface area (TPSA) is 93.7 Å². The van der Waals surface area contributed by atoms with Crippen molar-refractivity contribution in [3.63, 3.8) is 0 Å². The second kappa shape index (κ2) is 12.6. The summed E-state index contributed by atoms with van der Waals surface area (Å²) >= 11 is 0. The first kappa shape index (κ1) is 25.9. The number of hydrogen-bond donors (Lipinski definition) is 2. The molecule has 0 aliphatic rings. The van der Waals surface area contributed by atoms with Crippen LogP contribution in [0.5, 0.6) is 0 Å². The van der Waals surface area contributed by atoms with Crippen molar-refractivity contribution < 1.29 is 23.9 Å². The molecule has 0 saturated heterocycles. The van der Waals surface area contributed by atoms with E-state index < -0.39 is 23.6 Å². The highest BCUT2D eigenvalue weighted by Crippen LogP contribution is 2.12. The molecule has 2 aromatic carbocycles. The van der Waals surface area contributed by atoms with Gasteiger partial charge in [-0.2, -0.15) is 0 Å². The summed E-state index contributed by atoms with van der Waals surface area (Å²) < 4.78 is 10.6. The van der Waals surface area contributed by atoms with Crippen LogP contribution >= 0.6 is 0 Å². The lowest BCUT2D eigenvalue weighted by Crippen LogP contribution is -2.46. The summed E-state index contributed by atoms with van der Waals surface area (Å²) in [6.07, 6.45) is -0.0584. The average Bonchev–Trinajstić information content (AvgIpc) is 2.76. The zero-order chi connectivity index (χ0) is 24.3. The van der Waals surface area contributed by atoms with Gasteiger partial charge in [0.1, 0.15) is 12.2 Å². The van der Waals surface area contributed by atoms with Crippen LogP contribution in [0.2, 0.25) is 0 Å². The Bertz CT molecular complexity index is 894. The van der Waals surface area contributed by atoms with Gasteiger partial charge in [-0.25, -0.2) is 4.79 Å². The Hall–Kier alpha value is -3.35. The number of alkyl carbamates (subject to hydrolysis) is 1. The predicted octanol–water partition coefficient (Wildman–Crippen LogP) is 4.01. The Kier molecular flexibility index (Phi) is 9.91. The summed E-state index contributed by atoms with van der Waals surface area (Å²) in [7, 11) is 0. The maximum atomic E-state index is 12.5. The quantitative estimate of drug-likeness (QED) is 0.529. The van der Waals surface area contributed by atoms with E-state index in [1.807, 2.05) is 60.7 Å². The summed E-state index contributed by atoms with van der Waals surface area (Å²) in [4.78, 5) is 36.9. The highest BCUT2D eigenvalue weighted by atomic mass is 16.6. The van der Waals surface area contributed by atoms with Gasteiger partial charge in [-0.1, -0.05) is 67.6 Å². The molecule has 2 atom stereocenters. The molecule has 0 unspecified atom stereocenters. The molecule has 7 heteroatoms. The molecule has 0 aliphatic carbocycles. The summed E-state index contributed by atoms with van der Waals surface area (Å²) in [6, 6.07) is 18.7. The molecular formula is C26H34N2O5. The second-order valence-corrected chi connectivity index (χ2v) is 9.03. The molecule has 2 rings (SSSR count). The number of carbonyl (C=O) groups is 3. The van der Waals surface area contributed by atoms with Crippen molar-refractivity contribution in [3.8, 4) is 0 Å². The number of amides is 2. The van der Waals surface area contributed by atoms with Crippen LogP contribution in [0.1, 0.15) is 45.2 Å². The number of nitrogens with one attached hydrogen (secondary N) is 2. The van der Waals surface area contributed by atoms with E-state index in [1.54, 1.807) is 27.7 Å². The van der Waals surface area contributed by atoms with Crippen LogP contribution in [-0.2, 0) is 32.1 Å². The van der Waals surface area contributed by atoms with Gasteiger partial charge in [0.15, 0.2) is 0 Å². The third-order valence-corrected chi connectivity index (χ3v) is 4.72. The van der Waals surface area contributed by atoms with Gasteiger partial charge >= 0.3 is 12.1 Å². The van der Waals surface area contributed by atoms with E-state index in [1.165, 1.54) is 0 Å². The maximum Gasteiger partial charge on any atom is 0.407 e. The first-order chi connectivity index (χ1) is 15.6. The molecule has 0 radical (unpaired) electrons. The highest BCUT2D eigenvalue weighted by Gasteiger charge is 2.23. The van der Waals surface area contributed by atoms with Gasteiger partial charge in [0.2, 0.25) is 5.91 Å². The molecule has 0 heterocycles. The minimum atomic E-state index is -0.599. The van der Waals surface area contributed by atoms with Crippen molar-refractivity contribution in [2.24, 2.45) is 5.92 Å². The van der Waals surface area contributed by atoms with Crippen LogP contribution in [0, 0.1) is 5.92 Å². The largest absolute Gasteiger partial charge is 0.460 e. The van der Waals surface area contributed by atoms with Crippen molar-refractivity contribution in [2.45, 2.75) is 58.8 Å². The fraction of sp³-hybridized carbons (Fsp3) is 0.423. The molecule has 2 aromatic rings. The fourth-order valence-corrected chi connectivity index (χ4v) is 3.13. The standard InChI is InChI=1S/C26H34N2O5/c1-19(15-23(29)33-26(2,3)4)24(30)27-17-22(16-20-11-7-5-8-12-20)28-25(31)32-18-21-13-9-6-10-14-21/h5-14,19,22H,15-18H2,1-4H3,(H,27,30)(H,28,31)/t19-,22+/m0/s1. The number of carbonyl (C=O) groups excluding carboxylic acids is 3. The molecule has 0 aliphatic heterocycles. The van der Waals surface area contributed by atoms with E-state index in [0.717, 1.165) is 11.1 Å². The molecular weight excluding hydrogens is 420 g/mol. The number of hydrogen-bond acceptors (Lipinski definition) is 5. The SMILES string of the molecule is C[C@@H](CC(=O)OC(C)(C)C)C(=O)NC[C@@H](Cc1ccccc1)NC(=O)OCc1ccccc1. The molecule has 2 N–H and O–H groups in total. The fourth-order valence-electron chi connectivity index (χ4n) is 3.13. The zero-order valence-electron chi connectivity index (χ0n) is 19.8. The summed E-state index contributed by atoms with van der Waals surface area (Å²) in [6.45, 7) is 7.38. The number of rotatable bonds is 10. The predicted molar refractivity (Wildman–Crippen MR) is 126 cm³/mol. The summed E-state index contributed by atoms with van der Waals surface area (Å²) in [5, 5.41) is 5.67. The van der Waals surface area contributed by atoms with Crippen LogP contribution < -0.4 is 10.6 Å². The third kappa shape index (κ3) is 10.7. The van der Waals surface area contributed by atoms with Gasteiger partial charge in [-0.15, -0.1) is 0 Å². The smallest absolute Gasteiger partial charge is 0.407 e. The monoisotopic (exact) mass is 454 g/mol. The minimum absolute atomic E-state index is 0.0149. The average molecular weight is 455 g/mol. The molecule has 0 fully saturated rings. The van der Waals surface area contributed by atoms with Crippen LogP contribution in [-0.4, -0.2) is 36.2 Å². The molecule has 0 saturated carbocycles. The van der Waals surface area contributed by atoms with Crippen molar-refractivity contribution >= 4 is 18.0 Å². The van der Waals surface area contributed by atoms with Crippen LogP contribution in [0.25, 0.3) is 0 Å².